The number of aryl methyl sites for hydroxylation is 1. The predicted octanol–water partition coefficient (Wildman–Crippen LogP) is 2.77. The molecule has 0 bridgehead atoms. The number of benzene rings is 1. The van der Waals surface area contributed by atoms with Gasteiger partial charge < -0.3 is 10.1 Å². The van der Waals surface area contributed by atoms with Crippen LogP contribution in [0.15, 0.2) is 18.2 Å². The van der Waals surface area contributed by atoms with Gasteiger partial charge in [-0.1, -0.05) is 17.7 Å². The normalized spacial score (nSPS) is 10.6. The smallest absolute Gasteiger partial charge is 0.0590 e. The molecule has 2 nitrogen and oxygen atoms in total. The first-order chi connectivity index (χ1) is 7.24. The fraction of sp³-hybridized carbons (Fsp3) is 0.500. The Morgan fingerprint density at radius 3 is 2.87 bits per heavy atom. The minimum Gasteiger partial charge on any atom is -0.380 e. The first-order valence-electron chi connectivity index (χ1n) is 5.27. The van der Waals surface area contributed by atoms with Gasteiger partial charge in [0.25, 0.3) is 0 Å². The highest BCUT2D eigenvalue weighted by atomic mass is 35.5. The summed E-state index contributed by atoms with van der Waals surface area (Å²) in [6.45, 7) is 7.38. The van der Waals surface area contributed by atoms with Crippen molar-refractivity contribution in [1.82, 2.24) is 5.32 Å². The van der Waals surface area contributed by atoms with E-state index in [0.29, 0.717) is 0 Å². The average molecular weight is 228 g/mol. The molecule has 0 amide bonds. The van der Waals surface area contributed by atoms with Crippen molar-refractivity contribution in [2.24, 2.45) is 0 Å². The minimum absolute atomic E-state index is 0.767. The predicted molar refractivity (Wildman–Crippen MR) is 64.4 cm³/mol. The molecule has 0 heterocycles. The van der Waals surface area contributed by atoms with E-state index in [1.54, 1.807) is 0 Å². The molecule has 0 radical (unpaired) electrons. The zero-order chi connectivity index (χ0) is 11.1. The van der Waals surface area contributed by atoms with E-state index < -0.39 is 0 Å². The topological polar surface area (TPSA) is 21.3 Å². The molecule has 0 aliphatic heterocycles. The fourth-order valence-corrected chi connectivity index (χ4v) is 1.60. The Labute approximate surface area is 96.6 Å². The van der Waals surface area contributed by atoms with Crippen molar-refractivity contribution < 1.29 is 4.74 Å². The Morgan fingerprint density at radius 1 is 1.40 bits per heavy atom. The maximum Gasteiger partial charge on any atom is 0.0590 e. The molecule has 0 spiro atoms. The molecule has 1 rings (SSSR count). The van der Waals surface area contributed by atoms with Crippen LogP contribution in [0.1, 0.15) is 18.1 Å². The number of hydrogen-bond acceptors (Lipinski definition) is 2. The molecule has 3 heteroatoms. The number of rotatable bonds is 6. The average Bonchev–Trinajstić information content (AvgIpc) is 2.20. The van der Waals surface area contributed by atoms with Crippen LogP contribution in [0.4, 0.5) is 0 Å². The van der Waals surface area contributed by atoms with Crippen LogP contribution in [0.25, 0.3) is 0 Å². The zero-order valence-electron chi connectivity index (χ0n) is 9.35. The van der Waals surface area contributed by atoms with Crippen LogP contribution in [-0.2, 0) is 11.3 Å². The molecule has 0 aromatic heterocycles. The number of halogens is 1. The van der Waals surface area contributed by atoms with E-state index in [0.717, 1.165) is 31.3 Å². The van der Waals surface area contributed by atoms with Crippen LogP contribution in [-0.4, -0.2) is 19.8 Å². The van der Waals surface area contributed by atoms with E-state index in [4.69, 9.17) is 16.3 Å². The molecule has 0 aliphatic rings. The Bertz CT molecular complexity index is 302. The van der Waals surface area contributed by atoms with E-state index >= 15 is 0 Å². The molecule has 0 unspecified atom stereocenters. The van der Waals surface area contributed by atoms with E-state index in [9.17, 15) is 0 Å². The SMILES string of the molecule is CCOCCNCc1ccc(Cl)cc1C. The maximum absolute atomic E-state index is 5.88. The lowest BCUT2D eigenvalue weighted by Gasteiger charge is -2.08. The van der Waals surface area contributed by atoms with Gasteiger partial charge in [0.1, 0.15) is 0 Å². The first-order valence-corrected chi connectivity index (χ1v) is 5.65. The van der Waals surface area contributed by atoms with Crippen molar-refractivity contribution in [3.8, 4) is 0 Å². The molecular formula is C12H18ClNO. The van der Waals surface area contributed by atoms with Crippen LogP contribution in [0.3, 0.4) is 0 Å². The Hall–Kier alpha value is -0.570. The minimum atomic E-state index is 0.767. The van der Waals surface area contributed by atoms with Crippen LogP contribution in [0.5, 0.6) is 0 Å². The van der Waals surface area contributed by atoms with Gasteiger partial charge in [-0.2, -0.15) is 0 Å². The lowest BCUT2D eigenvalue weighted by molar-refractivity contribution is 0.149. The highest BCUT2D eigenvalue weighted by molar-refractivity contribution is 6.30. The van der Waals surface area contributed by atoms with Gasteiger partial charge in [-0.05, 0) is 37.1 Å². The molecule has 1 aromatic rings. The Morgan fingerprint density at radius 2 is 2.20 bits per heavy atom. The molecule has 0 atom stereocenters. The highest BCUT2D eigenvalue weighted by Gasteiger charge is 1.98. The van der Waals surface area contributed by atoms with Crippen molar-refractivity contribution in [2.75, 3.05) is 19.8 Å². The molecule has 1 N–H and O–H groups in total. The molecule has 0 fully saturated rings. The molecule has 0 saturated carbocycles. The monoisotopic (exact) mass is 227 g/mol. The summed E-state index contributed by atoms with van der Waals surface area (Å²) in [6, 6.07) is 5.97. The summed E-state index contributed by atoms with van der Waals surface area (Å²) in [5, 5.41) is 4.13. The summed E-state index contributed by atoms with van der Waals surface area (Å²) in [5.41, 5.74) is 2.52. The summed E-state index contributed by atoms with van der Waals surface area (Å²) >= 11 is 5.88. The lowest BCUT2D eigenvalue weighted by atomic mass is 10.1. The van der Waals surface area contributed by atoms with Crippen molar-refractivity contribution >= 4 is 11.6 Å². The van der Waals surface area contributed by atoms with Crippen LogP contribution < -0.4 is 5.32 Å². The van der Waals surface area contributed by atoms with Gasteiger partial charge in [0.15, 0.2) is 0 Å². The molecule has 0 aliphatic carbocycles. The van der Waals surface area contributed by atoms with Gasteiger partial charge in [-0.25, -0.2) is 0 Å². The van der Waals surface area contributed by atoms with E-state index in [2.05, 4.69) is 18.3 Å². The third kappa shape index (κ3) is 4.65. The largest absolute Gasteiger partial charge is 0.380 e. The van der Waals surface area contributed by atoms with Crippen molar-refractivity contribution in [3.05, 3.63) is 34.3 Å². The van der Waals surface area contributed by atoms with Gasteiger partial charge >= 0.3 is 0 Å². The third-order valence-electron chi connectivity index (χ3n) is 2.25. The second-order valence-corrected chi connectivity index (χ2v) is 3.88. The molecule has 0 saturated heterocycles. The second-order valence-electron chi connectivity index (χ2n) is 3.44. The van der Waals surface area contributed by atoms with E-state index in [1.807, 2.05) is 19.1 Å². The van der Waals surface area contributed by atoms with Crippen LogP contribution in [0.2, 0.25) is 5.02 Å². The number of nitrogens with one attached hydrogen (secondary N) is 1. The standard InChI is InChI=1S/C12H18ClNO/c1-3-15-7-6-14-9-11-4-5-12(13)8-10(11)2/h4-5,8,14H,3,6-7,9H2,1-2H3. The van der Waals surface area contributed by atoms with Crippen molar-refractivity contribution in [2.45, 2.75) is 20.4 Å². The summed E-state index contributed by atoms with van der Waals surface area (Å²) in [5.74, 6) is 0. The first kappa shape index (κ1) is 12.5. The van der Waals surface area contributed by atoms with Gasteiger partial charge in [0.05, 0.1) is 6.61 Å². The van der Waals surface area contributed by atoms with Crippen LogP contribution in [0, 0.1) is 6.92 Å². The molecule has 84 valence electrons. The summed E-state index contributed by atoms with van der Waals surface area (Å²) < 4.78 is 5.24. The van der Waals surface area contributed by atoms with Gasteiger partial charge in [0, 0.05) is 24.7 Å². The van der Waals surface area contributed by atoms with Crippen molar-refractivity contribution in [3.63, 3.8) is 0 Å². The molecule has 15 heavy (non-hydrogen) atoms. The number of ether oxygens (including phenoxy) is 1. The lowest BCUT2D eigenvalue weighted by Crippen LogP contribution is -2.19. The third-order valence-corrected chi connectivity index (χ3v) is 2.48. The summed E-state index contributed by atoms with van der Waals surface area (Å²) in [4.78, 5) is 0. The van der Waals surface area contributed by atoms with Gasteiger partial charge in [0.2, 0.25) is 0 Å². The quantitative estimate of drug-likeness (QED) is 0.755. The van der Waals surface area contributed by atoms with Gasteiger partial charge in [-0.15, -0.1) is 0 Å². The maximum atomic E-state index is 5.88. The van der Waals surface area contributed by atoms with E-state index in [-0.39, 0.29) is 0 Å². The molecular weight excluding hydrogens is 210 g/mol. The number of hydrogen-bond donors (Lipinski definition) is 1. The van der Waals surface area contributed by atoms with Crippen LogP contribution >= 0.6 is 11.6 Å². The van der Waals surface area contributed by atoms with Gasteiger partial charge in [-0.3, -0.25) is 0 Å². The summed E-state index contributed by atoms with van der Waals surface area (Å²) in [6.07, 6.45) is 0. The second kappa shape index (κ2) is 6.83. The van der Waals surface area contributed by atoms with Crippen molar-refractivity contribution in [1.29, 1.82) is 0 Å². The Balaban J connectivity index is 2.31. The zero-order valence-corrected chi connectivity index (χ0v) is 10.1. The Kier molecular flexibility index (Phi) is 5.69. The highest BCUT2D eigenvalue weighted by Crippen LogP contribution is 2.14. The fourth-order valence-electron chi connectivity index (χ4n) is 1.37. The molecule has 1 aromatic carbocycles. The van der Waals surface area contributed by atoms with E-state index in [1.165, 1.54) is 11.1 Å². The summed E-state index contributed by atoms with van der Waals surface area (Å²) in [7, 11) is 0.